The highest BCUT2D eigenvalue weighted by Crippen LogP contribution is 2.37. The molecule has 0 bridgehead atoms. The van der Waals surface area contributed by atoms with Crippen molar-refractivity contribution in [1.82, 2.24) is 4.90 Å². The summed E-state index contributed by atoms with van der Waals surface area (Å²) < 4.78 is 5.41. The number of nitrogens with zero attached hydrogens (tertiary/aromatic N) is 1. The second-order valence-electron chi connectivity index (χ2n) is 6.47. The Morgan fingerprint density at radius 1 is 1.29 bits per heavy atom. The van der Waals surface area contributed by atoms with Gasteiger partial charge in [0, 0.05) is 19.1 Å². The van der Waals surface area contributed by atoms with Gasteiger partial charge in [-0.2, -0.15) is 0 Å². The minimum atomic E-state index is -0.403. The quantitative estimate of drug-likeness (QED) is 0.704. The summed E-state index contributed by atoms with van der Waals surface area (Å²) in [6.07, 6.45) is 3.10. The molecule has 2 aliphatic rings. The predicted octanol–water partition coefficient (Wildman–Crippen LogP) is 1.98. The van der Waals surface area contributed by atoms with Gasteiger partial charge in [0.25, 0.3) is 0 Å². The Morgan fingerprint density at radius 2 is 1.94 bits per heavy atom. The molecule has 3 atom stereocenters. The fourth-order valence-electron chi connectivity index (χ4n) is 3.02. The number of hydrogen-bond acceptors (Lipinski definition) is 3. The van der Waals surface area contributed by atoms with Crippen LogP contribution in [0.1, 0.15) is 40.0 Å². The summed E-state index contributed by atoms with van der Waals surface area (Å²) in [5, 5.41) is 0. The summed E-state index contributed by atoms with van der Waals surface area (Å²) in [6, 6.07) is 0.337. The highest BCUT2D eigenvalue weighted by atomic mass is 16.6. The van der Waals surface area contributed by atoms with Gasteiger partial charge < -0.3 is 15.4 Å². The molecule has 3 unspecified atom stereocenters. The van der Waals surface area contributed by atoms with Crippen LogP contribution in [0.3, 0.4) is 0 Å². The van der Waals surface area contributed by atoms with Crippen LogP contribution in [0.2, 0.25) is 0 Å². The maximum Gasteiger partial charge on any atom is 0.410 e. The Balaban J connectivity index is 1.90. The minimum Gasteiger partial charge on any atom is -0.444 e. The van der Waals surface area contributed by atoms with Gasteiger partial charge in [0.2, 0.25) is 0 Å². The van der Waals surface area contributed by atoms with Crippen molar-refractivity contribution in [2.24, 2.45) is 17.6 Å². The maximum atomic E-state index is 12.0. The fourth-order valence-corrected chi connectivity index (χ4v) is 3.02. The van der Waals surface area contributed by atoms with Crippen LogP contribution in [0.4, 0.5) is 4.79 Å². The standard InChI is InChI=1S/C13H24N2O2/c1-13(2,3)17-12(16)15-5-4-9-6-11(14)7-10(9)8-15/h9-11H,4-8,14H2,1-3H3. The van der Waals surface area contributed by atoms with Crippen LogP contribution in [-0.4, -0.2) is 35.7 Å². The highest BCUT2D eigenvalue weighted by Gasteiger charge is 2.38. The van der Waals surface area contributed by atoms with Gasteiger partial charge in [-0.15, -0.1) is 0 Å². The molecule has 1 amide bonds. The highest BCUT2D eigenvalue weighted by molar-refractivity contribution is 5.68. The van der Waals surface area contributed by atoms with Gasteiger partial charge >= 0.3 is 6.09 Å². The normalized spacial score (nSPS) is 33.4. The van der Waals surface area contributed by atoms with Crippen LogP contribution >= 0.6 is 0 Å². The Bertz CT molecular complexity index is 298. The van der Waals surface area contributed by atoms with E-state index in [0.29, 0.717) is 12.0 Å². The molecule has 17 heavy (non-hydrogen) atoms. The number of piperidine rings is 1. The van der Waals surface area contributed by atoms with E-state index in [1.807, 2.05) is 25.7 Å². The van der Waals surface area contributed by atoms with Crippen molar-refractivity contribution >= 4 is 6.09 Å². The topological polar surface area (TPSA) is 55.6 Å². The molecule has 0 aromatic carbocycles. The molecule has 2 N–H and O–H groups in total. The minimum absolute atomic E-state index is 0.170. The van der Waals surface area contributed by atoms with Crippen molar-refractivity contribution in [3.63, 3.8) is 0 Å². The zero-order chi connectivity index (χ0) is 12.6. The van der Waals surface area contributed by atoms with Gasteiger partial charge in [-0.25, -0.2) is 4.79 Å². The molecule has 1 aliphatic carbocycles. The number of carbonyl (C=O) groups is 1. The molecule has 1 aliphatic heterocycles. The molecular weight excluding hydrogens is 216 g/mol. The number of hydrogen-bond donors (Lipinski definition) is 1. The molecule has 1 saturated carbocycles. The summed E-state index contributed by atoms with van der Waals surface area (Å²) in [6.45, 7) is 7.37. The van der Waals surface area contributed by atoms with Gasteiger partial charge in [-0.1, -0.05) is 0 Å². The number of rotatable bonds is 0. The first-order valence-electron chi connectivity index (χ1n) is 6.58. The number of amides is 1. The number of likely N-dealkylation sites (tertiary alicyclic amines) is 1. The third-order valence-corrected chi connectivity index (χ3v) is 3.75. The van der Waals surface area contributed by atoms with E-state index in [1.165, 1.54) is 0 Å². The molecule has 4 heteroatoms. The SMILES string of the molecule is CC(C)(C)OC(=O)N1CCC2CC(N)CC2C1. The first-order valence-corrected chi connectivity index (χ1v) is 6.58. The number of fused-ring (bicyclic) bond motifs is 1. The summed E-state index contributed by atoms with van der Waals surface area (Å²) in [5.41, 5.74) is 5.58. The van der Waals surface area contributed by atoms with E-state index in [2.05, 4.69) is 0 Å². The lowest BCUT2D eigenvalue weighted by atomic mass is 9.89. The molecule has 4 nitrogen and oxygen atoms in total. The lowest BCUT2D eigenvalue weighted by Crippen LogP contribution is -2.44. The van der Waals surface area contributed by atoms with E-state index >= 15 is 0 Å². The molecule has 1 heterocycles. The number of nitrogens with two attached hydrogens (primary N) is 1. The van der Waals surface area contributed by atoms with Gasteiger partial charge in [0.1, 0.15) is 5.60 Å². The number of carbonyl (C=O) groups excluding carboxylic acids is 1. The molecule has 0 radical (unpaired) electrons. The zero-order valence-corrected chi connectivity index (χ0v) is 11.1. The Labute approximate surface area is 103 Å². The van der Waals surface area contributed by atoms with Crippen molar-refractivity contribution in [2.45, 2.75) is 51.7 Å². The van der Waals surface area contributed by atoms with E-state index in [0.717, 1.165) is 38.3 Å². The first kappa shape index (κ1) is 12.7. The predicted molar refractivity (Wildman–Crippen MR) is 66.6 cm³/mol. The molecular formula is C13H24N2O2. The van der Waals surface area contributed by atoms with Gasteiger partial charge in [0.15, 0.2) is 0 Å². The third-order valence-electron chi connectivity index (χ3n) is 3.75. The van der Waals surface area contributed by atoms with Crippen molar-refractivity contribution in [3.05, 3.63) is 0 Å². The summed E-state index contributed by atoms with van der Waals surface area (Å²) in [7, 11) is 0. The summed E-state index contributed by atoms with van der Waals surface area (Å²) in [4.78, 5) is 13.8. The molecule has 2 rings (SSSR count). The Hall–Kier alpha value is -0.770. The van der Waals surface area contributed by atoms with Crippen LogP contribution in [0.15, 0.2) is 0 Å². The van der Waals surface area contributed by atoms with Crippen LogP contribution < -0.4 is 5.73 Å². The van der Waals surface area contributed by atoms with Crippen LogP contribution in [0.25, 0.3) is 0 Å². The molecule has 0 aromatic heterocycles. The van der Waals surface area contributed by atoms with E-state index in [1.54, 1.807) is 0 Å². The van der Waals surface area contributed by atoms with E-state index in [9.17, 15) is 4.79 Å². The van der Waals surface area contributed by atoms with E-state index in [-0.39, 0.29) is 6.09 Å². The second kappa shape index (κ2) is 4.48. The van der Waals surface area contributed by atoms with Gasteiger partial charge in [-0.3, -0.25) is 0 Å². The lowest BCUT2D eigenvalue weighted by molar-refractivity contribution is 0.0127. The summed E-state index contributed by atoms with van der Waals surface area (Å²) >= 11 is 0. The Kier molecular flexibility index (Phi) is 3.34. The molecule has 1 saturated heterocycles. The van der Waals surface area contributed by atoms with Gasteiger partial charge in [0.05, 0.1) is 0 Å². The second-order valence-corrected chi connectivity index (χ2v) is 6.47. The average molecular weight is 240 g/mol. The fraction of sp³-hybridized carbons (Fsp3) is 0.923. The lowest BCUT2D eigenvalue weighted by Gasteiger charge is -2.35. The molecule has 0 aromatic rings. The molecule has 98 valence electrons. The van der Waals surface area contributed by atoms with Crippen LogP contribution in [0.5, 0.6) is 0 Å². The smallest absolute Gasteiger partial charge is 0.410 e. The van der Waals surface area contributed by atoms with Crippen LogP contribution in [0, 0.1) is 11.8 Å². The van der Waals surface area contributed by atoms with Crippen LogP contribution in [-0.2, 0) is 4.74 Å². The number of ether oxygens (including phenoxy) is 1. The summed E-state index contributed by atoms with van der Waals surface area (Å²) in [5.74, 6) is 1.31. The average Bonchev–Trinajstić information content (AvgIpc) is 2.53. The van der Waals surface area contributed by atoms with Crippen molar-refractivity contribution in [1.29, 1.82) is 0 Å². The van der Waals surface area contributed by atoms with Crippen molar-refractivity contribution in [2.75, 3.05) is 13.1 Å². The van der Waals surface area contributed by atoms with Gasteiger partial charge in [-0.05, 0) is 51.9 Å². The monoisotopic (exact) mass is 240 g/mol. The first-order chi connectivity index (χ1) is 7.85. The van der Waals surface area contributed by atoms with Crippen molar-refractivity contribution < 1.29 is 9.53 Å². The third kappa shape index (κ3) is 3.12. The maximum absolute atomic E-state index is 12.0. The van der Waals surface area contributed by atoms with E-state index in [4.69, 9.17) is 10.5 Å². The van der Waals surface area contributed by atoms with E-state index < -0.39 is 5.60 Å². The zero-order valence-electron chi connectivity index (χ0n) is 11.1. The molecule has 2 fully saturated rings. The molecule has 0 spiro atoms. The Morgan fingerprint density at radius 3 is 2.59 bits per heavy atom. The van der Waals surface area contributed by atoms with Crippen molar-refractivity contribution in [3.8, 4) is 0 Å². The largest absolute Gasteiger partial charge is 0.444 e.